The maximum atomic E-state index is 12.5. The Bertz CT molecular complexity index is 944. The Hall–Kier alpha value is -2.54. The highest BCUT2D eigenvalue weighted by molar-refractivity contribution is 6.31. The van der Waals surface area contributed by atoms with Crippen molar-refractivity contribution in [2.75, 3.05) is 13.1 Å². The van der Waals surface area contributed by atoms with Crippen molar-refractivity contribution in [3.8, 4) is 0 Å². The fourth-order valence-corrected chi connectivity index (χ4v) is 3.41. The van der Waals surface area contributed by atoms with E-state index in [0.29, 0.717) is 34.9 Å². The van der Waals surface area contributed by atoms with E-state index >= 15 is 0 Å². The van der Waals surface area contributed by atoms with Crippen molar-refractivity contribution in [1.29, 1.82) is 0 Å². The number of rotatable bonds is 2. The van der Waals surface area contributed by atoms with Crippen LogP contribution in [0, 0.1) is 0 Å². The molecule has 1 aliphatic heterocycles. The third-order valence-electron chi connectivity index (χ3n) is 4.35. The number of halogens is 1. The van der Waals surface area contributed by atoms with E-state index in [1.807, 2.05) is 0 Å². The number of carbonyl (C=O) groups is 1. The second-order valence-corrected chi connectivity index (χ2v) is 6.30. The number of nitrogens with one attached hydrogen (secondary N) is 1. The van der Waals surface area contributed by atoms with E-state index in [1.54, 1.807) is 39.9 Å². The zero-order valence-corrected chi connectivity index (χ0v) is 13.5. The van der Waals surface area contributed by atoms with Gasteiger partial charge in [0.2, 0.25) is 0 Å². The van der Waals surface area contributed by atoms with Gasteiger partial charge in [0.15, 0.2) is 5.58 Å². The minimum atomic E-state index is -0.423. The lowest BCUT2D eigenvalue weighted by Crippen LogP contribution is -2.42. The summed E-state index contributed by atoms with van der Waals surface area (Å²) in [6, 6.07) is 6.60. The molecule has 24 heavy (non-hydrogen) atoms. The van der Waals surface area contributed by atoms with Gasteiger partial charge in [0, 0.05) is 24.3 Å². The minimum absolute atomic E-state index is 0.115. The van der Waals surface area contributed by atoms with Crippen molar-refractivity contribution in [3.63, 3.8) is 0 Å². The van der Waals surface area contributed by atoms with Crippen LogP contribution in [-0.4, -0.2) is 38.7 Å². The van der Waals surface area contributed by atoms with E-state index in [0.717, 1.165) is 12.8 Å². The number of aromatic nitrogens is 3. The first kappa shape index (κ1) is 15.0. The molecule has 1 aromatic carbocycles. The molecule has 0 bridgehead atoms. The number of piperidine rings is 1. The Morgan fingerprint density at radius 3 is 3.04 bits per heavy atom. The van der Waals surface area contributed by atoms with Crippen LogP contribution in [0.3, 0.4) is 0 Å². The monoisotopic (exact) mass is 346 g/mol. The van der Waals surface area contributed by atoms with Crippen molar-refractivity contribution < 1.29 is 9.21 Å². The molecule has 1 unspecified atom stereocenters. The van der Waals surface area contributed by atoms with Gasteiger partial charge in [-0.25, -0.2) is 4.79 Å². The first-order valence-electron chi connectivity index (χ1n) is 7.73. The molecule has 124 valence electrons. The molecular weight excluding hydrogens is 332 g/mol. The lowest BCUT2D eigenvalue weighted by atomic mass is 10.0. The fraction of sp³-hybridized carbons (Fsp3) is 0.312. The Kier molecular flexibility index (Phi) is 3.65. The highest BCUT2D eigenvalue weighted by atomic mass is 35.5. The van der Waals surface area contributed by atoms with Crippen LogP contribution < -0.4 is 5.76 Å². The summed E-state index contributed by atoms with van der Waals surface area (Å²) in [4.78, 5) is 26.5. The number of H-pyrrole nitrogens is 1. The van der Waals surface area contributed by atoms with Gasteiger partial charge in [-0.3, -0.25) is 14.5 Å². The summed E-state index contributed by atoms with van der Waals surface area (Å²) in [5, 5.41) is 7.04. The zero-order valence-electron chi connectivity index (χ0n) is 12.7. The van der Waals surface area contributed by atoms with Crippen molar-refractivity contribution in [1.82, 2.24) is 19.7 Å². The van der Waals surface area contributed by atoms with Gasteiger partial charge in [0.05, 0.1) is 11.6 Å². The van der Waals surface area contributed by atoms with Crippen LogP contribution in [0.1, 0.15) is 29.4 Å². The van der Waals surface area contributed by atoms with E-state index in [9.17, 15) is 9.59 Å². The number of oxazole rings is 1. The van der Waals surface area contributed by atoms with Crippen molar-refractivity contribution >= 4 is 28.6 Å². The van der Waals surface area contributed by atoms with Crippen LogP contribution in [0.15, 0.2) is 39.7 Å². The lowest BCUT2D eigenvalue weighted by molar-refractivity contribution is 0.0671. The Balaban J connectivity index is 1.67. The summed E-state index contributed by atoms with van der Waals surface area (Å²) in [6.07, 6.45) is 3.16. The number of carbonyl (C=O) groups excluding carboxylic acids is 1. The average Bonchev–Trinajstić information content (AvgIpc) is 3.21. The number of nitrogens with zero attached hydrogens (tertiary/aromatic N) is 3. The maximum absolute atomic E-state index is 12.5. The molecule has 0 saturated carbocycles. The summed E-state index contributed by atoms with van der Waals surface area (Å²) in [5.41, 5.74) is 1.61. The number of hydrogen-bond donors (Lipinski definition) is 1. The highest BCUT2D eigenvalue weighted by Crippen LogP contribution is 2.27. The molecule has 1 aliphatic rings. The molecule has 1 fully saturated rings. The topological polar surface area (TPSA) is 84.1 Å². The molecule has 1 saturated heterocycles. The molecule has 8 heteroatoms. The molecular formula is C16H15ClN4O3. The van der Waals surface area contributed by atoms with Gasteiger partial charge in [-0.1, -0.05) is 11.6 Å². The molecule has 2 aromatic heterocycles. The first-order valence-corrected chi connectivity index (χ1v) is 8.10. The normalized spacial score (nSPS) is 18.2. The summed E-state index contributed by atoms with van der Waals surface area (Å²) >= 11 is 6.05. The number of fused-ring (bicyclic) bond motifs is 1. The number of likely N-dealkylation sites (tertiary alicyclic amines) is 1. The Labute approximate surface area is 141 Å². The molecule has 1 amide bonds. The number of hydrogen-bond acceptors (Lipinski definition) is 4. The maximum Gasteiger partial charge on any atom is 0.420 e. The predicted octanol–water partition coefficient (Wildman–Crippen LogP) is 2.45. The molecule has 7 nitrogen and oxygen atoms in total. The van der Waals surface area contributed by atoms with Gasteiger partial charge in [0.25, 0.3) is 5.91 Å². The Morgan fingerprint density at radius 1 is 1.38 bits per heavy atom. The molecule has 0 spiro atoms. The summed E-state index contributed by atoms with van der Waals surface area (Å²) in [6.45, 7) is 1.10. The average molecular weight is 347 g/mol. The smallest absolute Gasteiger partial charge is 0.408 e. The third-order valence-corrected chi connectivity index (χ3v) is 4.59. The minimum Gasteiger partial charge on any atom is -0.408 e. The van der Waals surface area contributed by atoms with E-state index in [1.165, 1.54) is 0 Å². The number of aromatic amines is 1. The molecule has 0 radical (unpaired) electrons. The van der Waals surface area contributed by atoms with Crippen molar-refractivity contribution in [3.05, 3.63) is 51.7 Å². The molecule has 1 N–H and O–H groups in total. The van der Waals surface area contributed by atoms with E-state index in [2.05, 4.69) is 10.2 Å². The molecule has 0 aliphatic carbocycles. The van der Waals surface area contributed by atoms with Gasteiger partial charge in [-0.05, 0) is 37.1 Å². The van der Waals surface area contributed by atoms with Gasteiger partial charge in [-0.15, -0.1) is 0 Å². The SMILES string of the molecule is O=C(c1ccn[nH]1)N1CCCC(n2c(=O)oc3ccc(Cl)cc32)C1. The third kappa shape index (κ3) is 2.50. The molecule has 3 heterocycles. The largest absolute Gasteiger partial charge is 0.420 e. The van der Waals surface area contributed by atoms with Gasteiger partial charge in [0.1, 0.15) is 5.69 Å². The summed E-state index contributed by atoms with van der Waals surface area (Å²) in [7, 11) is 0. The fourth-order valence-electron chi connectivity index (χ4n) is 3.25. The highest BCUT2D eigenvalue weighted by Gasteiger charge is 2.28. The second-order valence-electron chi connectivity index (χ2n) is 5.87. The number of benzene rings is 1. The van der Waals surface area contributed by atoms with Crippen LogP contribution in [0.4, 0.5) is 0 Å². The van der Waals surface area contributed by atoms with E-state index < -0.39 is 5.76 Å². The van der Waals surface area contributed by atoms with Crippen LogP contribution >= 0.6 is 11.6 Å². The molecule has 3 aromatic rings. The van der Waals surface area contributed by atoms with Crippen molar-refractivity contribution in [2.24, 2.45) is 0 Å². The van der Waals surface area contributed by atoms with E-state index in [4.69, 9.17) is 16.0 Å². The van der Waals surface area contributed by atoms with Crippen LogP contribution in [0.5, 0.6) is 0 Å². The van der Waals surface area contributed by atoms with Crippen molar-refractivity contribution in [2.45, 2.75) is 18.9 Å². The molecule has 1 atom stereocenters. The van der Waals surface area contributed by atoms with Gasteiger partial charge >= 0.3 is 5.76 Å². The molecule has 4 rings (SSSR count). The van der Waals surface area contributed by atoms with Crippen LogP contribution in [0.2, 0.25) is 5.02 Å². The lowest BCUT2D eigenvalue weighted by Gasteiger charge is -2.32. The zero-order chi connectivity index (χ0) is 16.7. The van der Waals surface area contributed by atoms with Gasteiger partial charge in [-0.2, -0.15) is 5.10 Å². The van der Waals surface area contributed by atoms with Crippen LogP contribution in [-0.2, 0) is 0 Å². The first-order chi connectivity index (χ1) is 11.6. The van der Waals surface area contributed by atoms with Crippen LogP contribution in [0.25, 0.3) is 11.1 Å². The predicted molar refractivity (Wildman–Crippen MR) is 88.2 cm³/mol. The Morgan fingerprint density at radius 2 is 2.25 bits per heavy atom. The standard InChI is InChI=1S/C16H15ClN4O3/c17-10-3-4-14-13(8-10)21(16(23)24-14)11-2-1-7-20(9-11)15(22)12-5-6-18-19-12/h3-6,8,11H,1-2,7,9H2,(H,18,19). The van der Waals surface area contributed by atoms with Gasteiger partial charge < -0.3 is 9.32 Å². The quantitative estimate of drug-likeness (QED) is 0.772. The van der Waals surface area contributed by atoms with E-state index in [-0.39, 0.29) is 11.9 Å². The summed E-state index contributed by atoms with van der Waals surface area (Å²) in [5.74, 6) is -0.538. The number of amides is 1. The second kappa shape index (κ2) is 5.83. The summed E-state index contributed by atoms with van der Waals surface area (Å²) < 4.78 is 6.91.